The number of hydrogen-bond donors (Lipinski definition) is 3. The standard InChI is InChI=1S/C2H7N4O2/c1-5-8-6(7)2(3)4/h5H,1H3,(H3,3,4)/q-1. The van der Waals surface area contributed by atoms with Gasteiger partial charge in [-0.15, -0.1) is 0 Å². The van der Waals surface area contributed by atoms with Gasteiger partial charge in [0, 0.05) is 7.05 Å². The summed E-state index contributed by atoms with van der Waals surface area (Å²) >= 11 is 0. The lowest BCUT2D eigenvalue weighted by Gasteiger charge is -2.24. The summed E-state index contributed by atoms with van der Waals surface area (Å²) < 4.78 is 0. The van der Waals surface area contributed by atoms with Gasteiger partial charge in [-0.1, -0.05) is 0 Å². The van der Waals surface area contributed by atoms with E-state index in [0.717, 1.165) is 0 Å². The summed E-state index contributed by atoms with van der Waals surface area (Å²) in [6.07, 6.45) is 0. The summed E-state index contributed by atoms with van der Waals surface area (Å²) in [7, 11) is 1.38. The lowest BCUT2D eigenvalue weighted by atomic mass is 11.1. The van der Waals surface area contributed by atoms with Crippen molar-refractivity contribution in [2.45, 2.75) is 0 Å². The zero-order chi connectivity index (χ0) is 6.57. The minimum Gasteiger partial charge on any atom is -0.730 e. The first-order valence-electron chi connectivity index (χ1n) is 1.83. The van der Waals surface area contributed by atoms with Gasteiger partial charge in [0.15, 0.2) is 0 Å². The van der Waals surface area contributed by atoms with Gasteiger partial charge in [-0.2, -0.15) is 10.4 Å². The molecule has 0 aliphatic carbocycles. The van der Waals surface area contributed by atoms with Crippen LogP contribution in [0.3, 0.4) is 0 Å². The zero-order valence-corrected chi connectivity index (χ0v) is 4.34. The molecule has 6 nitrogen and oxygen atoms in total. The molecule has 0 rings (SSSR count). The molecule has 0 aromatic rings. The maximum atomic E-state index is 10.0. The highest BCUT2D eigenvalue weighted by atomic mass is 17.0. The molecule has 0 radical (unpaired) electrons. The molecule has 0 unspecified atom stereocenters. The maximum absolute atomic E-state index is 10.0. The molecular weight excluding hydrogens is 112 g/mol. The van der Waals surface area contributed by atoms with E-state index in [2.05, 4.69) is 10.7 Å². The molecule has 0 aliphatic rings. The molecule has 0 atom stereocenters. The molecule has 0 fully saturated rings. The lowest BCUT2D eigenvalue weighted by Crippen LogP contribution is -2.34. The smallest absolute Gasteiger partial charge is 0.203 e. The van der Waals surface area contributed by atoms with Crippen LogP contribution in [0.5, 0.6) is 0 Å². The normalized spacial score (nSPS) is 8.75. The molecule has 8 heavy (non-hydrogen) atoms. The van der Waals surface area contributed by atoms with E-state index in [1.807, 2.05) is 5.48 Å². The van der Waals surface area contributed by atoms with Crippen LogP contribution < -0.4 is 11.2 Å². The third-order valence-electron chi connectivity index (χ3n) is 0.371. The van der Waals surface area contributed by atoms with E-state index in [1.165, 1.54) is 7.05 Å². The average molecular weight is 119 g/mol. The van der Waals surface area contributed by atoms with Crippen LogP contribution in [-0.2, 0) is 4.94 Å². The average Bonchev–Trinajstić information content (AvgIpc) is 1.67. The van der Waals surface area contributed by atoms with E-state index in [1.54, 1.807) is 0 Å². The van der Waals surface area contributed by atoms with E-state index in [0.29, 0.717) is 0 Å². The van der Waals surface area contributed by atoms with E-state index in [4.69, 9.17) is 5.41 Å². The Bertz CT molecular complexity index is 84.1. The highest BCUT2D eigenvalue weighted by Gasteiger charge is 1.87. The molecule has 6 heteroatoms. The summed E-state index contributed by atoms with van der Waals surface area (Å²) in [5.41, 5.74) is 6.70. The predicted molar refractivity (Wildman–Crippen MR) is 27.3 cm³/mol. The van der Waals surface area contributed by atoms with Gasteiger partial charge in [0.25, 0.3) is 0 Å². The molecular formula is C2H7N4O2-. The molecule has 4 N–H and O–H groups in total. The highest BCUT2D eigenvalue weighted by molar-refractivity contribution is 5.73. The fraction of sp³-hybridized carbons (Fsp3) is 0.500. The van der Waals surface area contributed by atoms with Gasteiger partial charge in [0.2, 0.25) is 5.96 Å². The van der Waals surface area contributed by atoms with E-state index < -0.39 is 5.96 Å². The Labute approximate surface area is 46.2 Å². The molecule has 0 aliphatic heterocycles. The van der Waals surface area contributed by atoms with Crippen molar-refractivity contribution in [2.75, 3.05) is 7.05 Å². The van der Waals surface area contributed by atoms with Gasteiger partial charge in [0.05, 0.1) is 0 Å². The Kier molecular flexibility index (Phi) is 2.85. The fourth-order valence-corrected chi connectivity index (χ4v) is 0.132. The van der Waals surface area contributed by atoms with Crippen molar-refractivity contribution in [1.29, 1.82) is 5.41 Å². The van der Waals surface area contributed by atoms with E-state index >= 15 is 0 Å². The number of guanidine groups is 1. The van der Waals surface area contributed by atoms with Crippen molar-refractivity contribution in [2.24, 2.45) is 5.73 Å². The van der Waals surface area contributed by atoms with Crippen LogP contribution in [0.1, 0.15) is 0 Å². The second-order valence-corrected chi connectivity index (χ2v) is 0.938. The van der Waals surface area contributed by atoms with Crippen LogP contribution in [0.25, 0.3) is 0 Å². The summed E-state index contributed by atoms with van der Waals surface area (Å²) in [5, 5.41) is 16.3. The quantitative estimate of drug-likeness (QED) is 0.239. The number of hydroxylamine groups is 3. The van der Waals surface area contributed by atoms with Gasteiger partial charge in [-0.25, -0.2) is 0 Å². The van der Waals surface area contributed by atoms with Gasteiger partial charge in [-0.3, -0.25) is 10.6 Å². The first-order chi connectivity index (χ1) is 3.68. The number of nitrogens with one attached hydrogen (secondary N) is 2. The van der Waals surface area contributed by atoms with E-state index in [-0.39, 0.29) is 5.23 Å². The lowest BCUT2D eigenvalue weighted by molar-refractivity contribution is -0.119. The largest absolute Gasteiger partial charge is 0.730 e. The minimum atomic E-state index is -0.695. The molecule has 0 amide bonds. The first-order valence-corrected chi connectivity index (χ1v) is 1.83. The predicted octanol–water partition coefficient (Wildman–Crippen LogP) is -1.25. The second kappa shape index (κ2) is 3.19. The van der Waals surface area contributed by atoms with Crippen molar-refractivity contribution in [3.63, 3.8) is 0 Å². The van der Waals surface area contributed by atoms with Crippen molar-refractivity contribution in [3.05, 3.63) is 5.21 Å². The van der Waals surface area contributed by atoms with Gasteiger partial charge >= 0.3 is 0 Å². The summed E-state index contributed by atoms with van der Waals surface area (Å²) in [5.74, 6) is -0.695. The number of hydrogen-bond acceptors (Lipinski definition) is 4. The Morgan fingerprint density at radius 1 is 2.00 bits per heavy atom. The van der Waals surface area contributed by atoms with Crippen molar-refractivity contribution < 1.29 is 4.94 Å². The van der Waals surface area contributed by atoms with Crippen molar-refractivity contribution >= 4 is 5.96 Å². The van der Waals surface area contributed by atoms with Crippen LogP contribution >= 0.6 is 0 Å². The topological polar surface area (TPSA) is 97.4 Å². The molecule has 0 heterocycles. The molecule has 0 saturated heterocycles. The molecule has 0 aromatic carbocycles. The first kappa shape index (κ1) is 7.15. The Morgan fingerprint density at radius 3 is 2.62 bits per heavy atom. The Balaban J connectivity index is 3.32. The number of rotatable bonds is 2. The Morgan fingerprint density at radius 2 is 2.50 bits per heavy atom. The summed E-state index contributed by atoms with van der Waals surface area (Å²) in [6.45, 7) is 0. The van der Waals surface area contributed by atoms with Crippen LogP contribution in [0.15, 0.2) is 0 Å². The number of nitrogens with zero attached hydrogens (tertiary/aromatic N) is 1. The summed E-state index contributed by atoms with van der Waals surface area (Å²) in [4.78, 5) is 3.98. The molecule has 0 saturated carbocycles. The Hall–Kier alpha value is -0.850. The fourth-order valence-electron chi connectivity index (χ4n) is 0.132. The van der Waals surface area contributed by atoms with E-state index in [9.17, 15) is 5.21 Å². The van der Waals surface area contributed by atoms with Crippen LogP contribution in [-0.4, -0.2) is 18.2 Å². The minimum absolute atomic E-state index is 0.153. The molecule has 0 bridgehead atoms. The molecule has 48 valence electrons. The van der Waals surface area contributed by atoms with Gasteiger partial charge in [0.1, 0.15) is 0 Å². The zero-order valence-electron chi connectivity index (χ0n) is 4.34. The number of nitrogens with two attached hydrogens (primary N) is 1. The third-order valence-corrected chi connectivity index (χ3v) is 0.371. The van der Waals surface area contributed by atoms with Crippen LogP contribution in [0.4, 0.5) is 0 Å². The monoisotopic (exact) mass is 119 g/mol. The second-order valence-electron chi connectivity index (χ2n) is 0.938. The van der Waals surface area contributed by atoms with Crippen LogP contribution in [0.2, 0.25) is 0 Å². The van der Waals surface area contributed by atoms with Gasteiger partial charge in [-0.05, 0) is 0 Å². The molecule has 0 aromatic heterocycles. The molecule has 0 spiro atoms. The third kappa shape index (κ3) is 2.35. The van der Waals surface area contributed by atoms with Crippen molar-refractivity contribution in [3.8, 4) is 0 Å². The van der Waals surface area contributed by atoms with Gasteiger partial charge < -0.3 is 10.9 Å². The SMILES string of the molecule is CNON([O-])C(=N)N. The maximum Gasteiger partial charge on any atom is 0.203 e. The van der Waals surface area contributed by atoms with Crippen LogP contribution in [0, 0.1) is 10.6 Å². The van der Waals surface area contributed by atoms with Crippen molar-refractivity contribution in [1.82, 2.24) is 10.7 Å². The summed E-state index contributed by atoms with van der Waals surface area (Å²) in [6, 6.07) is 0. The highest BCUT2D eigenvalue weighted by Crippen LogP contribution is 1.76.